The molecule has 0 radical (unpaired) electrons. The Labute approximate surface area is 115 Å². The average Bonchev–Trinajstić information content (AvgIpc) is 2.84. The minimum Gasteiger partial charge on any atom is -0.397 e. The Bertz CT molecular complexity index is 791. The highest BCUT2D eigenvalue weighted by atomic mass is 16.2. The van der Waals surface area contributed by atoms with E-state index in [1.54, 1.807) is 29.1 Å². The number of fused-ring (bicyclic) bond motifs is 1. The number of hydrogen-bond acceptors (Lipinski definition) is 4. The van der Waals surface area contributed by atoms with Gasteiger partial charge < -0.3 is 11.5 Å². The summed E-state index contributed by atoms with van der Waals surface area (Å²) in [4.78, 5) is 16.7. The van der Waals surface area contributed by atoms with E-state index in [1.807, 2.05) is 24.3 Å². The van der Waals surface area contributed by atoms with Gasteiger partial charge in [-0.1, -0.05) is 18.2 Å². The molecule has 0 saturated carbocycles. The van der Waals surface area contributed by atoms with Gasteiger partial charge in [0.15, 0.2) is 0 Å². The van der Waals surface area contributed by atoms with Gasteiger partial charge in [0.25, 0.3) is 5.91 Å². The first-order valence-electron chi connectivity index (χ1n) is 6.26. The lowest BCUT2D eigenvalue weighted by Crippen LogP contribution is -2.12. The summed E-state index contributed by atoms with van der Waals surface area (Å²) in [5.74, 6) is -0.144. The zero-order valence-electron chi connectivity index (χ0n) is 10.8. The first-order valence-corrected chi connectivity index (χ1v) is 6.26. The zero-order valence-corrected chi connectivity index (χ0v) is 10.8. The van der Waals surface area contributed by atoms with Gasteiger partial charge in [0.05, 0.1) is 16.9 Å². The predicted molar refractivity (Wildman–Crippen MR) is 78.2 cm³/mol. The fourth-order valence-electron chi connectivity index (χ4n) is 2.24. The maximum absolute atomic E-state index is 12.6. The molecule has 1 aromatic carbocycles. The number of pyridine rings is 1. The second kappa shape index (κ2) is 4.79. The Morgan fingerprint density at radius 2 is 2.05 bits per heavy atom. The Kier molecular flexibility index (Phi) is 2.96. The number of para-hydroxylation sites is 1. The van der Waals surface area contributed by atoms with E-state index in [0.29, 0.717) is 23.5 Å². The van der Waals surface area contributed by atoms with Crippen LogP contribution < -0.4 is 11.5 Å². The number of nitrogen functional groups attached to an aromatic ring is 1. The number of benzene rings is 1. The van der Waals surface area contributed by atoms with Crippen molar-refractivity contribution in [1.29, 1.82) is 0 Å². The lowest BCUT2D eigenvalue weighted by molar-refractivity contribution is 0.0965. The van der Waals surface area contributed by atoms with Crippen molar-refractivity contribution in [3.63, 3.8) is 0 Å². The zero-order chi connectivity index (χ0) is 14.1. The van der Waals surface area contributed by atoms with Crippen LogP contribution in [-0.4, -0.2) is 15.5 Å². The van der Waals surface area contributed by atoms with E-state index in [2.05, 4.69) is 4.98 Å². The van der Waals surface area contributed by atoms with Crippen LogP contribution in [0.1, 0.15) is 16.1 Å². The number of anilines is 1. The Hall–Kier alpha value is -2.66. The molecule has 0 atom stereocenters. The maximum atomic E-state index is 12.6. The molecule has 5 nitrogen and oxygen atoms in total. The first-order chi connectivity index (χ1) is 9.70. The van der Waals surface area contributed by atoms with Crippen molar-refractivity contribution in [3.05, 3.63) is 60.0 Å². The van der Waals surface area contributed by atoms with Crippen LogP contribution in [0.25, 0.3) is 10.9 Å². The summed E-state index contributed by atoms with van der Waals surface area (Å²) in [6.07, 6.45) is 3.24. The first kappa shape index (κ1) is 12.4. The van der Waals surface area contributed by atoms with Crippen molar-refractivity contribution in [3.8, 4) is 0 Å². The van der Waals surface area contributed by atoms with Gasteiger partial charge in [-0.2, -0.15) is 0 Å². The summed E-state index contributed by atoms with van der Waals surface area (Å²) in [7, 11) is 0. The van der Waals surface area contributed by atoms with Gasteiger partial charge in [0.2, 0.25) is 0 Å². The molecule has 5 heteroatoms. The summed E-state index contributed by atoms with van der Waals surface area (Å²) in [6.45, 7) is 0.301. The highest BCUT2D eigenvalue weighted by Crippen LogP contribution is 2.23. The van der Waals surface area contributed by atoms with E-state index in [9.17, 15) is 4.79 Å². The molecule has 2 aromatic heterocycles. The molecule has 0 bridgehead atoms. The van der Waals surface area contributed by atoms with Crippen LogP contribution in [0, 0.1) is 0 Å². The van der Waals surface area contributed by atoms with E-state index in [0.717, 1.165) is 10.9 Å². The van der Waals surface area contributed by atoms with Crippen molar-refractivity contribution >= 4 is 22.5 Å². The minimum atomic E-state index is -0.144. The number of carbonyl (C=O) groups is 1. The SMILES string of the molecule is NCc1cc(C(=O)n2cc(N)c3ccccc32)ccn1. The molecule has 0 aliphatic rings. The van der Waals surface area contributed by atoms with Crippen molar-refractivity contribution in [1.82, 2.24) is 9.55 Å². The summed E-state index contributed by atoms with van der Waals surface area (Å²) in [5, 5.41) is 0.869. The topological polar surface area (TPSA) is 86.9 Å². The maximum Gasteiger partial charge on any atom is 0.262 e. The van der Waals surface area contributed by atoms with Gasteiger partial charge in [-0.05, 0) is 18.2 Å². The molecule has 100 valence electrons. The molecule has 20 heavy (non-hydrogen) atoms. The van der Waals surface area contributed by atoms with Crippen LogP contribution >= 0.6 is 0 Å². The Balaban J connectivity index is 2.13. The van der Waals surface area contributed by atoms with Gasteiger partial charge >= 0.3 is 0 Å². The number of carbonyl (C=O) groups excluding carboxylic acids is 1. The molecule has 4 N–H and O–H groups in total. The van der Waals surface area contributed by atoms with E-state index >= 15 is 0 Å². The normalized spacial score (nSPS) is 10.8. The molecule has 0 saturated heterocycles. The summed E-state index contributed by atoms with van der Waals surface area (Å²) in [6, 6.07) is 10.9. The highest BCUT2D eigenvalue weighted by Gasteiger charge is 2.14. The van der Waals surface area contributed by atoms with Gasteiger partial charge in [-0.15, -0.1) is 0 Å². The molecule has 0 unspecified atom stereocenters. The van der Waals surface area contributed by atoms with Crippen molar-refractivity contribution in [2.75, 3.05) is 5.73 Å². The molecule has 3 rings (SSSR count). The van der Waals surface area contributed by atoms with Crippen LogP contribution in [0.3, 0.4) is 0 Å². The van der Waals surface area contributed by atoms with E-state index in [-0.39, 0.29) is 5.91 Å². The van der Waals surface area contributed by atoms with Gasteiger partial charge in [0.1, 0.15) is 0 Å². The molecule has 3 aromatic rings. The molecular formula is C15H14N4O. The molecule has 2 heterocycles. The quantitative estimate of drug-likeness (QED) is 0.740. The summed E-state index contributed by atoms with van der Waals surface area (Å²) in [5.41, 5.74) is 14.1. The van der Waals surface area contributed by atoms with E-state index in [1.165, 1.54) is 0 Å². The third kappa shape index (κ3) is 1.94. The van der Waals surface area contributed by atoms with Crippen molar-refractivity contribution < 1.29 is 4.79 Å². The number of rotatable bonds is 2. The lowest BCUT2D eigenvalue weighted by atomic mass is 10.2. The van der Waals surface area contributed by atoms with Gasteiger partial charge in [-0.3, -0.25) is 14.3 Å². The van der Waals surface area contributed by atoms with Gasteiger partial charge in [-0.25, -0.2) is 0 Å². The van der Waals surface area contributed by atoms with Crippen LogP contribution in [0.4, 0.5) is 5.69 Å². The van der Waals surface area contributed by atoms with E-state index in [4.69, 9.17) is 11.5 Å². The molecule has 0 amide bonds. The molecular weight excluding hydrogens is 252 g/mol. The van der Waals surface area contributed by atoms with Gasteiger partial charge in [0, 0.05) is 29.9 Å². The minimum absolute atomic E-state index is 0.144. The Morgan fingerprint density at radius 1 is 1.25 bits per heavy atom. The fourth-order valence-corrected chi connectivity index (χ4v) is 2.24. The highest BCUT2D eigenvalue weighted by molar-refractivity contribution is 6.05. The van der Waals surface area contributed by atoms with Crippen LogP contribution in [0.15, 0.2) is 48.8 Å². The Morgan fingerprint density at radius 3 is 2.85 bits per heavy atom. The lowest BCUT2D eigenvalue weighted by Gasteiger charge is -2.05. The number of nitrogens with two attached hydrogens (primary N) is 2. The third-order valence-electron chi connectivity index (χ3n) is 3.23. The average molecular weight is 266 g/mol. The molecule has 0 aliphatic heterocycles. The van der Waals surface area contributed by atoms with Crippen molar-refractivity contribution in [2.24, 2.45) is 5.73 Å². The summed E-state index contributed by atoms with van der Waals surface area (Å²) < 4.78 is 1.56. The fraction of sp³-hybridized carbons (Fsp3) is 0.0667. The second-order valence-electron chi connectivity index (χ2n) is 4.52. The molecule has 0 spiro atoms. The van der Waals surface area contributed by atoms with Crippen LogP contribution in [0.5, 0.6) is 0 Å². The molecule has 0 aliphatic carbocycles. The van der Waals surface area contributed by atoms with Crippen LogP contribution in [-0.2, 0) is 6.54 Å². The number of nitrogens with zero attached hydrogens (tertiary/aromatic N) is 2. The second-order valence-corrected chi connectivity index (χ2v) is 4.52. The monoisotopic (exact) mass is 266 g/mol. The predicted octanol–water partition coefficient (Wildman–Crippen LogP) is 1.77. The smallest absolute Gasteiger partial charge is 0.262 e. The summed E-state index contributed by atoms with van der Waals surface area (Å²) >= 11 is 0. The van der Waals surface area contributed by atoms with Crippen molar-refractivity contribution in [2.45, 2.75) is 6.54 Å². The standard InChI is InChI=1S/C15H14N4O/c16-8-11-7-10(5-6-18-11)15(20)19-9-13(17)12-3-1-2-4-14(12)19/h1-7,9H,8,16-17H2. The largest absolute Gasteiger partial charge is 0.397 e. The molecule has 0 fully saturated rings. The number of aromatic nitrogens is 2. The third-order valence-corrected chi connectivity index (χ3v) is 3.23. The van der Waals surface area contributed by atoms with E-state index < -0.39 is 0 Å². The van der Waals surface area contributed by atoms with Crippen LogP contribution in [0.2, 0.25) is 0 Å². The number of hydrogen-bond donors (Lipinski definition) is 2.